The Kier molecular flexibility index (Phi) is 3.40. The van der Waals surface area contributed by atoms with E-state index >= 15 is 0 Å². The Morgan fingerprint density at radius 2 is 1.93 bits per heavy atom. The van der Waals surface area contributed by atoms with Gasteiger partial charge in [-0.3, -0.25) is 9.44 Å². The monoisotopic (exact) mass is 405 g/mol. The van der Waals surface area contributed by atoms with Gasteiger partial charge in [-0.2, -0.15) is 0 Å². The van der Waals surface area contributed by atoms with E-state index in [1.807, 2.05) is 42.5 Å². The van der Waals surface area contributed by atoms with Gasteiger partial charge in [0.25, 0.3) is 5.91 Å². The van der Waals surface area contributed by atoms with Crippen molar-refractivity contribution in [2.75, 3.05) is 20.4 Å². The predicted octanol–water partition coefficient (Wildman–Crippen LogP) is 2.22. The van der Waals surface area contributed by atoms with Gasteiger partial charge in [0.05, 0.1) is 13.1 Å². The minimum atomic E-state index is -1.18. The summed E-state index contributed by atoms with van der Waals surface area (Å²) < 4.78 is 9.78. The molecule has 0 radical (unpaired) electrons. The Bertz CT molecular complexity index is 1230. The molecule has 0 spiro atoms. The molecule has 0 saturated carbocycles. The fourth-order valence-corrected chi connectivity index (χ4v) is 4.95. The van der Waals surface area contributed by atoms with Gasteiger partial charge in [0.1, 0.15) is 0 Å². The van der Waals surface area contributed by atoms with E-state index in [0.717, 1.165) is 27.7 Å². The molecule has 3 aliphatic heterocycles. The summed E-state index contributed by atoms with van der Waals surface area (Å²) in [4.78, 5) is 31.2. The van der Waals surface area contributed by atoms with Crippen molar-refractivity contribution in [1.82, 2.24) is 9.88 Å². The Labute approximate surface area is 171 Å². The lowest BCUT2D eigenvalue weighted by molar-refractivity contribution is -0.779. The summed E-state index contributed by atoms with van der Waals surface area (Å²) in [5.74, 6) is 0.431. The highest BCUT2D eigenvalue weighted by Gasteiger charge is 2.52. The van der Waals surface area contributed by atoms with Crippen molar-refractivity contribution in [3.63, 3.8) is 0 Å². The van der Waals surface area contributed by atoms with Crippen LogP contribution in [-0.2, 0) is 16.0 Å². The van der Waals surface area contributed by atoms with E-state index in [-0.39, 0.29) is 12.7 Å². The van der Waals surface area contributed by atoms with Gasteiger partial charge in [-0.15, -0.1) is 0 Å². The molecule has 152 valence electrons. The SMILES string of the molecule is C[N+]1([O-])CC(=O)N2C(Cc3c([nH]c4ccccc34)C2c2ccc3c(c2)OCO3)C1=O. The van der Waals surface area contributed by atoms with Crippen LogP contribution in [0.2, 0.25) is 0 Å². The van der Waals surface area contributed by atoms with Gasteiger partial charge in [-0.1, -0.05) is 24.3 Å². The number of aromatic amines is 1. The topological polar surface area (TPSA) is 94.7 Å². The predicted molar refractivity (Wildman–Crippen MR) is 106 cm³/mol. The normalized spacial score (nSPS) is 27.3. The zero-order chi connectivity index (χ0) is 20.6. The number of hydrogen-bond acceptors (Lipinski definition) is 5. The molecule has 8 heteroatoms. The van der Waals surface area contributed by atoms with Crippen LogP contribution >= 0.6 is 0 Å². The first kappa shape index (κ1) is 17.5. The molecule has 1 N–H and O–H groups in total. The highest BCUT2D eigenvalue weighted by molar-refractivity contribution is 5.94. The number of quaternary nitrogens is 1. The Morgan fingerprint density at radius 1 is 1.13 bits per heavy atom. The average molecular weight is 405 g/mol. The van der Waals surface area contributed by atoms with Gasteiger partial charge in [-0.25, -0.2) is 4.79 Å². The van der Waals surface area contributed by atoms with Gasteiger partial charge in [0.15, 0.2) is 24.1 Å². The van der Waals surface area contributed by atoms with Crippen LogP contribution in [0.3, 0.4) is 0 Å². The molecule has 6 rings (SSSR count). The van der Waals surface area contributed by atoms with Crippen LogP contribution < -0.4 is 9.47 Å². The van der Waals surface area contributed by atoms with Gasteiger partial charge in [0, 0.05) is 23.0 Å². The van der Waals surface area contributed by atoms with Gasteiger partial charge in [-0.05, 0) is 29.3 Å². The van der Waals surface area contributed by atoms with Gasteiger partial charge in [0.2, 0.25) is 6.79 Å². The third kappa shape index (κ3) is 2.28. The fourth-order valence-electron chi connectivity index (χ4n) is 4.95. The van der Waals surface area contributed by atoms with Crippen LogP contribution in [0.1, 0.15) is 22.9 Å². The number of nitrogens with one attached hydrogen (secondary N) is 1. The molecule has 8 nitrogen and oxygen atoms in total. The highest BCUT2D eigenvalue weighted by Crippen LogP contribution is 2.45. The Hall–Kier alpha value is -3.36. The second-order valence-electron chi connectivity index (χ2n) is 8.20. The number of carbonyl (C=O) groups is 2. The number of H-pyrrole nitrogens is 1. The number of amides is 2. The average Bonchev–Trinajstić information content (AvgIpc) is 3.34. The lowest BCUT2D eigenvalue weighted by Crippen LogP contribution is -2.67. The van der Waals surface area contributed by atoms with E-state index in [2.05, 4.69) is 4.98 Å². The summed E-state index contributed by atoms with van der Waals surface area (Å²) in [5.41, 5.74) is 3.58. The van der Waals surface area contributed by atoms with Crippen LogP contribution in [0.25, 0.3) is 10.9 Å². The summed E-state index contributed by atoms with van der Waals surface area (Å²) in [6, 6.07) is 12.1. The van der Waals surface area contributed by atoms with Crippen molar-refractivity contribution in [1.29, 1.82) is 0 Å². The maximum absolute atomic E-state index is 13.1. The smallest absolute Gasteiger partial charge is 0.336 e. The molecule has 30 heavy (non-hydrogen) atoms. The third-order valence-corrected chi connectivity index (χ3v) is 6.32. The summed E-state index contributed by atoms with van der Waals surface area (Å²) >= 11 is 0. The molecular formula is C22H19N3O5. The van der Waals surface area contributed by atoms with Crippen molar-refractivity contribution in [3.8, 4) is 11.5 Å². The molecule has 4 heterocycles. The number of nitrogens with zero attached hydrogens (tertiary/aromatic N) is 2. The number of hydroxylamine groups is 3. The van der Waals surface area contributed by atoms with Crippen molar-refractivity contribution >= 4 is 22.7 Å². The molecule has 1 saturated heterocycles. The summed E-state index contributed by atoms with van der Waals surface area (Å²) in [5, 5.41) is 13.7. The highest BCUT2D eigenvalue weighted by atomic mass is 16.7. The van der Waals surface area contributed by atoms with Gasteiger partial charge >= 0.3 is 5.91 Å². The first-order valence-corrected chi connectivity index (χ1v) is 9.85. The van der Waals surface area contributed by atoms with E-state index in [0.29, 0.717) is 17.9 Å². The molecule has 3 atom stereocenters. The van der Waals surface area contributed by atoms with E-state index in [1.165, 1.54) is 7.05 Å². The lowest BCUT2D eigenvalue weighted by atomic mass is 9.86. The quantitative estimate of drug-likeness (QED) is 0.495. The Balaban J connectivity index is 1.59. The molecule has 3 aromatic rings. The number of benzene rings is 2. The number of para-hydroxylation sites is 1. The van der Waals surface area contributed by atoms with E-state index < -0.39 is 29.2 Å². The number of likely N-dealkylation sites (N-methyl/N-ethyl adjacent to an activating group) is 1. The number of hydrogen-bond donors (Lipinski definition) is 1. The number of piperazine rings is 1. The molecule has 2 amide bonds. The fraction of sp³-hybridized carbons (Fsp3) is 0.273. The summed E-state index contributed by atoms with van der Waals surface area (Å²) in [7, 11) is 1.26. The molecule has 0 aliphatic carbocycles. The van der Waals surface area contributed by atoms with E-state index in [4.69, 9.17) is 9.47 Å². The van der Waals surface area contributed by atoms with Crippen LogP contribution in [0.4, 0.5) is 0 Å². The lowest BCUT2D eigenvalue weighted by Gasteiger charge is -2.50. The minimum absolute atomic E-state index is 0.150. The maximum atomic E-state index is 13.1. The van der Waals surface area contributed by atoms with E-state index in [9.17, 15) is 14.8 Å². The first-order valence-electron chi connectivity index (χ1n) is 9.85. The molecule has 1 fully saturated rings. The van der Waals surface area contributed by atoms with Crippen LogP contribution in [0.5, 0.6) is 11.5 Å². The molecule has 0 bridgehead atoms. The molecular weight excluding hydrogens is 386 g/mol. The van der Waals surface area contributed by atoms with Gasteiger partial charge < -0.3 is 24.6 Å². The number of carbonyl (C=O) groups excluding carboxylic acids is 2. The molecule has 1 aromatic heterocycles. The number of rotatable bonds is 1. The first-order chi connectivity index (χ1) is 14.4. The minimum Gasteiger partial charge on any atom is -0.625 e. The zero-order valence-electron chi connectivity index (χ0n) is 16.3. The van der Waals surface area contributed by atoms with Crippen LogP contribution in [-0.4, -0.2) is 52.8 Å². The summed E-state index contributed by atoms with van der Waals surface area (Å²) in [6.45, 7) is -0.247. The van der Waals surface area contributed by atoms with Crippen molar-refractivity contribution < 1.29 is 23.7 Å². The van der Waals surface area contributed by atoms with Crippen molar-refractivity contribution in [2.24, 2.45) is 0 Å². The standard InChI is InChI=1S/C22H19N3O5/c1-25(28)10-19(26)24-16(22(25)27)9-14-13-4-2-3-5-15(13)23-20(14)21(24)12-6-7-17-18(8-12)30-11-29-17/h2-8,16,21,23H,9-11H2,1H3. The maximum Gasteiger partial charge on any atom is 0.336 e. The summed E-state index contributed by atoms with van der Waals surface area (Å²) in [6.07, 6.45) is 0.320. The molecule has 3 unspecified atom stereocenters. The van der Waals surface area contributed by atoms with Crippen molar-refractivity contribution in [2.45, 2.75) is 18.5 Å². The second-order valence-corrected chi connectivity index (χ2v) is 8.20. The zero-order valence-corrected chi connectivity index (χ0v) is 16.3. The Morgan fingerprint density at radius 3 is 2.80 bits per heavy atom. The number of aromatic nitrogens is 1. The number of ether oxygens (including phenoxy) is 2. The molecule has 3 aliphatic rings. The van der Waals surface area contributed by atoms with Crippen LogP contribution in [0.15, 0.2) is 42.5 Å². The van der Waals surface area contributed by atoms with Crippen LogP contribution in [0, 0.1) is 5.21 Å². The molecule has 2 aromatic carbocycles. The second kappa shape index (κ2) is 5.84. The van der Waals surface area contributed by atoms with E-state index in [1.54, 1.807) is 4.90 Å². The van der Waals surface area contributed by atoms with Crippen molar-refractivity contribution in [3.05, 3.63) is 64.5 Å². The largest absolute Gasteiger partial charge is 0.625 e. The number of fused-ring (bicyclic) bond motifs is 5. The third-order valence-electron chi connectivity index (χ3n) is 6.32.